The number of halogens is 2. The van der Waals surface area contributed by atoms with Crippen LogP contribution in [0.3, 0.4) is 0 Å². The molecule has 0 aliphatic carbocycles. The number of amides is 1. The molecule has 0 aromatic heterocycles. The minimum Gasteiger partial charge on any atom is -0.495 e. The van der Waals surface area contributed by atoms with Crippen molar-refractivity contribution < 1.29 is 14.3 Å². The van der Waals surface area contributed by atoms with Gasteiger partial charge in [0, 0.05) is 17.6 Å². The Balaban J connectivity index is 2.10. The van der Waals surface area contributed by atoms with E-state index in [-0.39, 0.29) is 5.57 Å². The molecule has 0 saturated carbocycles. The van der Waals surface area contributed by atoms with Gasteiger partial charge in [-0.3, -0.25) is 4.79 Å². The van der Waals surface area contributed by atoms with Crippen molar-refractivity contribution in [1.82, 2.24) is 0 Å². The summed E-state index contributed by atoms with van der Waals surface area (Å²) in [6.07, 6.45) is 1.29. The molecule has 0 fully saturated rings. The molecule has 8 heteroatoms. The molecule has 2 N–H and O–H groups in total. The monoisotopic (exact) mass is 391 g/mol. The van der Waals surface area contributed by atoms with Crippen LogP contribution in [-0.4, -0.2) is 20.1 Å². The van der Waals surface area contributed by atoms with Gasteiger partial charge in [0.1, 0.15) is 23.1 Å². The van der Waals surface area contributed by atoms with Crippen LogP contribution >= 0.6 is 23.2 Å². The van der Waals surface area contributed by atoms with Crippen LogP contribution in [0.25, 0.3) is 0 Å². The van der Waals surface area contributed by atoms with Crippen molar-refractivity contribution in [3.8, 4) is 17.6 Å². The summed E-state index contributed by atoms with van der Waals surface area (Å²) in [7, 11) is 3.00. The molecule has 2 aromatic rings. The first kappa shape index (κ1) is 19.4. The number of hydrogen-bond donors (Lipinski definition) is 2. The largest absolute Gasteiger partial charge is 0.495 e. The Labute approximate surface area is 160 Å². The average Bonchev–Trinajstić information content (AvgIpc) is 2.62. The molecule has 134 valence electrons. The van der Waals surface area contributed by atoms with Crippen LogP contribution < -0.4 is 20.1 Å². The predicted octanol–water partition coefficient (Wildman–Crippen LogP) is 4.47. The summed E-state index contributed by atoms with van der Waals surface area (Å²) in [5.74, 6) is 0.426. The lowest BCUT2D eigenvalue weighted by Gasteiger charge is -2.08. The zero-order valence-electron chi connectivity index (χ0n) is 14.0. The number of rotatable bonds is 6. The van der Waals surface area contributed by atoms with Crippen LogP contribution in [0.5, 0.6) is 11.5 Å². The van der Waals surface area contributed by atoms with Crippen LogP contribution in [0, 0.1) is 11.3 Å². The highest BCUT2D eigenvalue weighted by atomic mass is 35.5. The average molecular weight is 392 g/mol. The first-order chi connectivity index (χ1) is 12.5. The van der Waals surface area contributed by atoms with E-state index in [0.717, 1.165) is 0 Å². The summed E-state index contributed by atoms with van der Waals surface area (Å²) in [5.41, 5.74) is 0.919. The Morgan fingerprint density at radius 2 is 1.58 bits per heavy atom. The van der Waals surface area contributed by atoms with Crippen molar-refractivity contribution in [2.45, 2.75) is 0 Å². The molecule has 0 saturated heterocycles. The molecule has 1 amide bonds. The summed E-state index contributed by atoms with van der Waals surface area (Å²) in [6, 6.07) is 11.6. The van der Waals surface area contributed by atoms with Gasteiger partial charge in [0.2, 0.25) is 0 Å². The first-order valence-corrected chi connectivity index (χ1v) is 8.09. The number of benzene rings is 2. The molecule has 0 aliphatic heterocycles. The van der Waals surface area contributed by atoms with Crippen molar-refractivity contribution in [2.75, 3.05) is 24.9 Å². The highest BCUT2D eigenvalue weighted by molar-refractivity contribution is 6.32. The van der Waals surface area contributed by atoms with E-state index in [0.29, 0.717) is 32.9 Å². The van der Waals surface area contributed by atoms with E-state index in [1.807, 2.05) is 6.07 Å². The normalized spacial score (nSPS) is 10.7. The van der Waals surface area contributed by atoms with Gasteiger partial charge in [0.05, 0.1) is 24.3 Å². The number of carbonyl (C=O) groups is 1. The van der Waals surface area contributed by atoms with E-state index < -0.39 is 5.91 Å². The van der Waals surface area contributed by atoms with Crippen molar-refractivity contribution in [3.63, 3.8) is 0 Å². The molecule has 0 radical (unpaired) electrons. The van der Waals surface area contributed by atoms with Gasteiger partial charge >= 0.3 is 0 Å². The van der Waals surface area contributed by atoms with Gasteiger partial charge < -0.3 is 20.1 Å². The van der Waals surface area contributed by atoms with Gasteiger partial charge in [0.25, 0.3) is 5.91 Å². The van der Waals surface area contributed by atoms with Gasteiger partial charge in [-0.25, -0.2) is 0 Å². The quantitative estimate of drug-likeness (QED) is 0.560. The number of methoxy groups -OCH3 is 2. The number of nitrogens with one attached hydrogen (secondary N) is 2. The fourth-order valence-electron chi connectivity index (χ4n) is 2.00. The van der Waals surface area contributed by atoms with Crippen molar-refractivity contribution in [3.05, 3.63) is 58.2 Å². The van der Waals surface area contributed by atoms with Crippen molar-refractivity contribution in [2.24, 2.45) is 0 Å². The summed E-state index contributed by atoms with van der Waals surface area (Å²) >= 11 is 12.1. The van der Waals surface area contributed by atoms with Crippen molar-refractivity contribution >= 4 is 40.5 Å². The highest BCUT2D eigenvalue weighted by Crippen LogP contribution is 2.28. The fraction of sp³-hybridized carbons (Fsp3) is 0.111. The Hall–Kier alpha value is -2.88. The SMILES string of the molecule is COc1ccc(N/C=C(/C#N)C(=O)Nc2ccc(OC)c(Cl)c2)cc1Cl. The Morgan fingerprint density at radius 3 is 2.08 bits per heavy atom. The molecule has 0 unspecified atom stereocenters. The summed E-state index contributed by atoms with van der Waals surface area (Å²) < 4.78 is 10.1. The number of anilines is 2. The van der Waals surface area contributed by atoms with Crippen LogP contribution in [0.2, 0.25) is 10.0 Å². The number of carbonyl (C=O) groups excluding carboxylic acids is 1. The Bertz CT molecular complexity index is 892. The minimum atomic E-state index is -0.583. The first-order valence-electron chi connectivity index (χ1n) is 7.33. The molecule has 2 aromatic carbocycles. The lowest BCUT2D eigenvalue weighted by atomic mass is 10.2. The molecular formula is C18H15Cl2N3O3. The standard InChI is InChI=1S/C18H15Cl2N3O3/c1-25-16-5-3-12(7-14(16)19)22-10-11(9-21)18(24)23-13-4-6-17(26-2)15(20)8-13/h3-8,10,22H,1-2H3,(H,23,24)/b11-10-. The van der Waals surface area contributed by atoms with Gasteiger partial charge in [-0.1, -0.05) is 23.2 Å². The fourth-order valence-corrected chi connectivity index (χ4v) is 2.52. The van der Waals surface area contributed by atoms with Crippen LogP contribution in [0.4, 0.5) is 11.4 Å². The zero-order chi connectivity index (χ0) is 19.1. The number of nitrogens with zero attached hydrogens (tertiary/aromatic N) is 1. The molecule has 0 atom stereocenters. The Kier molecular flexibility index (Phi) is 6.73. The van der Waals surface area contributed by atoms with E-state index in [9.17, 15) is 10.1 Å². The maximum absolute atomic E-state index is 12.2. The third-order valence-electron chi connectivity index (χ3n) is 3.31. The van der Waals surface area contributed by atoms with E-state index in [1.54, 1.807) is 30.3 Å². The molecule has 0 spiro atoms. The molecule has 0 heterocycles. The topological polar surface area (TPSA) is 83.4 Å². The van der Waals surface area contributed by atoms with E-state index >= 15 is 0 Å². The second kappa shape index (κ2) is 8.99. The number of hydrogen-bond acceptors (Lipinski definition) is 5. The predicted molar refractivity (Wildman–Crippen MR) is 102 cm³/mol. The molecule has 6 nitrogen and oxygen atoms in total. The lowest BCUT2D eigenvalue weighted by Crippen LogP contribution is -2.14. The molecule has 0 bridgehead atoms. The second-order valence-corrected chi connectivity index (χ2v) is 5.78. The van der Waals surface area contributed by atoms with E-state index in [4.69, 9.17) is 32.7 Å². The molecule has 0 aliphatic rings. The third-order valence-corrected chi connectivity index (χ3v) is 3.90. The minimum absolute atomic E-state index is 0.121. The van der Waals surface area contributed by atoms with Crippen LogP contribution in [0.15, 0.2) is 48.2 Å². The molecule has 26 heavy (non-hydrogen) atoms. The maximum atomic E-state index is 12.2. The zero-order valence-corrected chi connectivity index (χ0v) is 15.5. The van der Waals surface area contributed by atoms with E-state index in [2.05, 4.69) is 10.6 Å². The summed E-state index contributed by atoms with van der Waals surface area (Å²) in [4.78, 5) is 12.2. The molecule has 2 rings (SSSR count). The number of ether oxygens (including phenoxy) is 2. The lowest BCUT2D eigenvalue weighted by molar-refractivity contribution is -0.112. The Morgan fingerprint density at radius 1 is 1.04 bits per heavy atom. The van der Waals surface area contributed by atoms with Gasteiger partial charge in [-0.15, -0.1) is 0 Å². The molecular weight excluding hydrogens is 377 g/mol. The van der Waals surface area contributed by atoms with Gasteiger partial charge in [0.15, 0.2) is 0 Å². The highest BCUT2D eigenvalue weighted by Gasteiger charge is 2.11. The van der Waals surface area contributed by atoms with Crippen LogP contribution in [-0.2, 0) is 4.79 Å². The van der Waals surface area contributed by atoms with Gasteiger partial charge in [-0.2, -0.15) is 5.26 Å². The number of nitriles is 1. The summed E-state index contributed by atoms with van der Waals surface area (Å²) in [5, 5.41) is 15.4. The summed E-state index contributed by atoms with van der Waals surface area (Å²) in [6.45, 7) is 0. The second-order valence-electron chi connectivity index (χ2n) is 4.97. The third kappa shape index (κ3) is 4.82. The maximum Gasteiger partial charge on any atom is 0.267 e. The smallest absolute Gasteiger partial charge is 0.267 e. The van der Waals surface area contributed by atoms with Crippen molar-refractivity contribution in [1.29, 1.82) is 5.26 Å². The van der Waals surface area contributed by atoms with E-state index in [1.165, 1.54) is 26.5 Å². The van der Waals surface area contributed by atoms with Crippen LogP contribution in [0.1, 0.15) is 0 Å². The van der Waals surface area contributed by atoms with Gasteiger partial charge in [-0.05, 0) is 36.4 Å².